The molecule has 0 spiro atoms. The van der Waals surface area contributed by atoms with Crippen LogP contribution in [-0.2, 0) is 0 Å². The van der Waals surface area contributed by atoms with Crippen LogP contribution in [0, 0.1) is 11.8 Å². The van der Waals surface area contributed by atoms with Crippen LogP contribution in [0.4, 0.5) is 0 Å². The van der Waals surface area contributed by atoms with Crippen molar-refractivity contribution in [1.82, 2.24) is 0 Å². The van der Waals surface area contributed by atoms with Crippen LogP contribution < -0.4 is 0 Å². The van der Waals surface area contributed by atoms with Crippen LogP contribution in [0.1, 0.15) is 40.5 Å². The summed E-state index contributed by atoms with van der Waals surface area (Å²) in [7, 11) is 0. The molecule has 0 radical (unpaired) electrons. The molecule has 2 atom stereocenters. The maximum atomic E-state index is 3.77. The Labute approximate surface area is 77.4 Å². The van der Waals surface area contributed by atoms with Crippen molar-refractivity contribution >= 4 is 0 Å². The summed E-state index contributed by atoms with van der Waals surface area (Å²) in [6.45, 7) is 12.7. The van der Waals surface area contributed by atoms with Crippen molar-refractivity contribution in [1.29, 1.82) is 0 Å². The summed E-state index contributed by atoms with van der Waals surface area (Å²) < 4.78 is 0. The largest absolute Gasteiger partial charge is 0.102 e. The summed E-state index contributed by atoms with van der Waals surface area (Å²) in [5.41, 5.74) is 1.50. The lowest BCUT2D eigenvalue weighted by Gasteiger charge is -2.09. The second-order valence-electron chi connectivity index (χ2n) is 3.83. The zero-order chi connectivity index (χ0) is 9.56. The van der Waals surface area contributed by atoms with Crippen LogP contribution in [0.25, 0.3) is 0 Å². The van der Waals surface area contributed by atoms with Crippen LogP contribution >= 0.6 is 0 Å². The minimum Gasteiger partial charge on any atom is -0.102 e. The highest BCUT2D eigenvalue weighted by atomic mass is 14.1. The third-order valence-corrected chi connectivity index (χ3v) is 2.29. The molecule has 0 saturated carbocycles. The molecular formula is C12H22. The Morgan fingerprint density at radius 3 is 2.42 bits per heavy atom. The van der Waals surface area contributed by atoms with E-state index in [9.17, 15) is 0 Å². The molecule has 0 fully saturated rings. The average molecular weight is 166 g/mol. The Morgan fingerprint density at radius 2 is 2.00 bits per heavy atom. The van der Waals surface area contributed by atoms with E-state index < -0.39 is 0 Å². The zero-order valence-electron chi connectivity index (χ0n) is 8.93. The van der Waals surface area contributed by atoms with E-state index >= 15 is 0 Å². The summed E-state index contributed by atoms with van der Waals surface area (Å²) in [4.78, 5) is 0. The van der Waals surface area contributed by atoms with E-state index in [1.807, 2.05) is 6.08 Å². The highest BCUT2D eigenvalue weighted by Gasteiger charge is 2.00. The lowest BCUT2D eigenvalue weighted by molar-refractivity contribution is 0.555. The predicted octanol–water partition coefficient (Wildman–Crippen LogP) is 4.19. The van der Waals surface area contributed by atoms with Gasteiger partial charge in [0.1, 0.15) is 0 Å². The number of rotatable bonds is 5. The highest BCUT2D eigenvalue weighted by molar-refractivity contribution is 5.05. The van der Waals surface area contributed by atoms with Crippen molar-refractivity contribution in [2.45, 2.75) is 40.5 Å². The molecule has 0 aliphatic carbocycles. The molecule has 12 heavy (non-hydrogen) atoms. The molecule has 0 heteroatoms. The van der Waals surface area contributed by atoms with E-state index in [1.54, 1.807) is 0 Å². The summed E-state index contributed by atoms with van der Waals surface area (Å²) >= 11 is 0. The third-order valence-electron chi connectivity index (χ3n) is 2.29. The first kappa shape index (κ1) is 11.5. The molecule has 0 aromatic rings. The fourth-order valence-corrected chi connectivity index (χ4v) is 1.28. The normalized spacial score (nSPS) is 17.2. The molecule has 0 N–H and O–H groups in total. The predicted molar refractivity (Wildman–Crippen MR) is 57.2 cm³/mol. The molecule has 70 valence electrons. The van der Waals surface area contributed by atoms with Crippen molar-refractivity contribution < 1.29 is 0 Å². The van der Waals surface area contributed by atoms with Crippen molar-refractivity contribution in [2.24, 2.45) is 11.8 Å². The second-order valence-corrected chi connectivity index (χ2v) is 3.83. The van der Waals surface area contributed by atoms with E-state index in [-0.39, 0.29) is 0 Å². The smallest absolute Gasteiger partial charge is 0.00820 e. The number of hydrogen-bond acceptors (Lipinski definition) is 0. The topological polar surface area (TPSA) is 0 Å². The molecule has 0 aromatic heterocycles. The molecule has 0 nitrogen and oxygen atoms in total. The highest BCUT2D eigenvalue weighted by Crippen LogP contribution is 2.15. The summed E-state index contributed by atoms with van der Waals surface area (Å²) in [6.07, 6.45) is 6.79. The molecule has 2 unspecified atom stereocenters. The first-order valence-electron chi connectivity index (χ1n) is 4.90. The fraction of sp³-hybridized carbons (Fsp3) is 0.667. The molecule has 0 rings (SSSR count). The first-order valence-corrected chi connectivity index (χ1v) is 4.90. The molecular weight excluding hydrogens is 144 g/mol. The summed E-state index contributed by atoms with van der Waals surface area (Å²) in [6, 6.07) is 0. The van der Waals surface area contributed by atoms with Crippen LogP contribution in [0.2, 0.25) is 0 Å². The van der Waals surface area contributed by atoms with Crippen molar-refractivity contribution in [3.05, 3.63) is 24.3 Å². The first-order chi connectivity index (χ1) is 5.60. The lowest BCUT2D eigenvalue weighted by atomic mass is 9.97. The van der Waals surface area contributed by atoms with Gasteiger partial charge in [0.15, 0.2) is 0 Å². The standard InChI is InChI=1S/C12H22/c1-6-10(3)8-12(5)9-11(4)7-2/h6,8,10-11H,1,7,9H2,2-5H3/b12-8+. The van der Waals surface area contributed by atoms with Gasteiger partial charge in [0.25, 0.3) is 0 Å². The molecule has 0 saturated heterocycles. The van der Waals surface area contributed by atoms with Gasteiger partial charge in [-0.15, -0.1) is 6.58 Å². The van der Waals surface area contributed by atoms with Crippen molar-refractivity contribution in [3.63, 3.8) is 0 Å². The quantitative estimate of drug-likeness (QED) is 0.537. The lowest BCUT2D eigenvalue weighted by Crippen LogP contribution is -1.94. The SMILES string of the molecule is C=CC(C)/C=C(\C)CC(C)CC. The Hall–Kier alpha value is -0.520. The van der Waals surface area contributed by atoms with Gasteiger partial charge < -0.3 is 0 Å². The van der Waals surface area contributed by atoms with Gasteiger partial charge >= 0.3 is 0 Å². The Kier molecular flexibility index (Phi) is 5.79. The Bertz CT molecular complexity index is 153. The molecule has 0 bridgehead atoms. The van der Waals surface area contributed by atoms with E-state index in [4.69, 9.17) is 0 Å². The van der Waals surface area contributed by atoms with E-state index in [0.29, 0.717) is 5.92 Å². The van der Waals surface area contributed by atoms with Gasteiger partial charge in [0.05, 0.1) is 0 Å². The third kappa shape index (κ3) is 5.17. The maximum absolute atomic E-state index is 3.77. The molecule has 0 amide bonds. The van der Waals surface area contributed by atoms with Crippen molar-refractivity contribution in [3.8, 4) is 0 Å². The maximum Gasteiger partial charge on any atom is -0.00820 e. The minimum absolute atomic E-state index is 0.522. The van der Waals surface area contributed by atoms with Gasteiger partial charge in [-0.3, -0.25) is 0 Å². The summed E-state index contributed by atoms with van der Waals surface area (Å²) in [5, 5.41) is 0. The molecule has 0 aliphatic rings. The van der Waals surface area contributed by atoms with Gasteiger partial charge in [0.2, 0.25) is 0 Å². The Balaban J connectivity index is 3.92. The molecule has 0 aliphatic heterocycles. The second kappa shape index (κ2) is 6.05. The minimum atomic E-state index is 0.522. The summed E-state index contributed by atoms with van der Waals surface area (Å²) in [5.74, 6) is 1.34. The van der Waals surface area contributed by atoms with Gasteiger partial charge in [-0.25, -0.2) is 0 Å². The Morgan fingerprint density at radius 1 is 1.42 bits per heavy atom. The van der Waals surface area contributed by atoms with Gasteiger partial charge in [-0.2, -0.15) is 0 Å². The van der Waals surface area contributed by atoms with E-state index in [1.165, 1.54) is 18.4 Å². The average Bonchev–Trinajstić information content (AvgIpc) is 2.03. The van der Waals surface area contributed by atoms with Crippen LogP contribution in [0.5, 0.6) is 0 Å². The zero-order valence-corrected chi connectivity index (χ0v) is 8.93. The molecule has 0 aromatic carbocycles. The van der Waals surface area contributed by atoms with Crippen LogP contribution in [-0.4, -0.2) is 0 Å². The van der Waals surface area contributed by atoms with Crippen molar-refractivity contribution in [2.75, 3.05) is 0 Å². The van der Waals surface area contributed by atoms with Crippen LogP contribution in [0.3, 0.4) is 0 Å². The van der Waals surface area contributed by atoms with Gasteiger partial charge in [-0.1, -0.05) is 44.9 Å². The van der Waals surface area contributed by atoms with Gasteiger partial charge in [-0.05, 0) is 25.2 Å². The monoisotopic (exact) mass is 166 g/mol. The van der Waals surface area contributed by atoms with Gasteiger partial charge in [0, 0.05) is 0 Å². The number of hydrogen-bond donors (Lipinski definition) is 0. The van der Waals surface area contributed by atoms with E-state index in [0.717, 1.165) is 5.92 Å². The molecule has 0 heterocycles. The van der Waals surface area contributed by atoms with Crippen LogP contribution in [0.15, 0.2) is 24.3 Å². The van der Waals surface area contributed by atoms with E-state index in [2.05, 4.69) is 40.3 Å². The number of allylic oxidation sites excluding steroid dienone is 3. The fourth-order valence-electron chi connectivity index (χ4n) is 1.28.